The van der Waals surface area contributed by atoms with Crippen LogP contribution in [0.1, 0.15) is 93.4 Å². The van der Waals surface area contributed by atoms with Crippen molar-refractivity contribution < 1.29 is 39.6 Å². The maximum atomic E-state index is 14.1. The van der Waals surface area contributed by atoms with E-state index in [0.717, 1.165) is 0 Å². The number of aliphatic hydroxyl groups is 3. The lowest BCUT2D eigenvalue weighted by Crippen LogP contribution is -2.69. The molecule has 4 aliphatic rings. The highest BCUT2D eigenvalue weighted by Crippen LogP contribution is 2.73. The van der Waals surface area contributed by atoms with E-state index >= 15 is 0 Å². The van der Waals surface area contributed by atoms with Crippen LogP contribution in [0.5, 0.6) is 0 Å². The quantitative estimate of drug-likeness (QED) is 0.406. The van der Waals surface area contributed by atoms with E-state index in [1.807, 2.05) is 27.7 Å². The molecular weight excluding hydrogens is 488 g/mol. The molecule has 0 aromatic carbocycles. The number of carbonyl (C=O) groups is 4. The number of carbonyl (C=O) groups excluding carboxylic acids is 3. The summed E-state index contributed by atoms with van der Waals surface area (Å²) in [7, 11) is 0. The molecule has 0 aliphatic heterocycles. The van der Waals surface area contributed by atoms with Crippen molar-refractivity contribution in [3.63, 3.8) is 0 Å². The van der Waals surface area contributed by atoms with Gasteiger partial charge in [0.1, 0.15) is 17.3 Å². The number of ketones is 3. The Bertz CT molecular complexity index is 1050. The largest absolute Gasteiger partial charge is 0.481 e. The van der Waals surface area contributed by atoms with Crippen molar-refractivity contribution in [2.75, 3.05) is 0 Å². The number of Topliss-reactive ketones (excluding diaryl/α,β-unsaturated/α-hetero) is 3. The van der Waals surface area contributed by atoms with Gasteiger partial charge in [-0.3, -0.25) is 19.2 Å². The second-order valence-electron chi connectivity index (χ2n) is 14.7. The monoisotopic (exact) mass is 534 g/mol. The fraction of sp³-hybridized carbons (Fsp3) is 0.867. The number of aliphatic hydroxyl groups excluding tert-OH is 2. The van der Waals surface area contributed by atoms with E-state index in [4.69, 9.17) is 0 Å². The molecule has 0 radical (unpaired) electrons. The molecule has 11 atom stereocenters. The second-order valence-corrected chi connectivity index (χ2v) is 14.7. The van der Waals surface area contributed by atoms with Gasteiger partial charge in [-0.15, -0.1) is 0 Å². The Kier molecular flexibility index (Phi) is 6.90. The SMILES string of the molecule is CC(CC(=O)C[C@](C)(O)[C@H]1CC(=O)[C@@]2(C)[C@@H]3C(O)C[C@H]4C(C)(C)C(O)CC[C@]4(C)[C@H]3C(=O)C[C@]12C)C(=O)O. The summed E-state index contributed by atoms with van der Waals surface area (Å²) < 4.78 is 0. The average Bonchev–Trinajstić information content (AvgIpc) is 2.99. The number of aliphatic carboxylic acids is 1. The molecule has 4 fully saturated rings. The molecule has 214 valence electrons. The number of hydrogen-bond donors (Lipinski definition) is 4. The molecule has 4 rings (SSSR count). The van der Waals surface area contributed by atoms with Crippen molar-refractivity contribution in [2.45, 2.75) is 111 Å². The van der Waals surface area contributed by atoms with Crippen molar-refractivity contribution >= 4 is 23.3 Å². The summed E-state index contributed by atoms with van der Waals surface area (Å²) in [6.07, 6.45) is -0.317. The van der Waals surface area contributed by atoms with Crippen LogP contribution in [-0.4, -0.2) is 61.6 Å². The van der Waals surface area contributed by atoms with Crippen LogP contribution in [0.25, 0.3) is 0 Å². The Morgan fingerprint density at radius 3 is 2.29 bits per heavy atom. The lowest BCUT2D eigenvalue weighted by Gasteiger charge is -2.67. The highest BCUT2D eigenvalue weighted by molar-refractivity contribution is 5.95. The predicted molar refractivity (Wildman–Crippen MR) is 139 cm³/mol. The summed E-state index contributed by atoms with van der Waals surface area (Å²) in [5.74, 6) is -4.42. The number of carboxylic acids is 1. The van der Waals surface area contributed by atoms with E-state index in [1.165, 1.54) is 13.8 Å². The molecule has 8 heteroatoms. The molecule has 3 unspecified atom stereocenters. The van der Waals surface area contributed by atoms with Crippen LogP contribution in [0.4, 0.5) is 0 Å². The third kappa shape index (κ3) is 3.87. The topological polar surface area (TPSA) is 149 Å². The van der Waals surface area contributed by atoms with Crippen LogP contribution in [0.15, 0.2) is 0 Å². The van der Waals surface area contributed by atoms with Crippen molar-refractivity contribution in [1.82, 2.24) is 0 Å². The third-order valence-electron chi connectivity index (χ3n) is 12.2. The van der Waals surface area contributed by atoms with Crippen molar-refractivity contribution in [1.29, 1.82) is 0 Å². The summed E-state index contributed by atoms with van der Waals surface area (Å²) >= 11 is 0. The summed E-state index contributed by atoms with van der Waals surface area (Å²) in [6.45, 7) is 12.8. The highest BCUT2D eigenvalue weighted by atomic mass is 16.4. The van der Waals surface area contributed by atoms with Gasteiger partial charge in [0, 0.05) is 48.9 Å². The molecule has 0 bridgehead atoms. The maximum Gasteiger partial charge on any atom is 0.306 e. The van der Waals surface area contributed by atoms with Crippen LogP contribution in [0.2, 0.25) is 0 Å². The van der Waals surface area contributed by atoms with Crippen LogP contribution in [0, 0.1) is 51.2 Å². The number of fused-ring (bicyclic) bond motifs is 5. The maximum absolute atomic E-state index is 14.1. The Morgan fingerprint density at radius 1 is 1.11 bits per heavy atom. The van der Waals surface area contributed by atoms with Crippen molar-refractivity contribution in [3.05, 3.63) is 0 Å². The van der Waals surface area contributed by atoms with Gasteiger partial charge in [-0.25, -0.2) is 0 Å². The van der Waals surface area contributed by atoms with Gasteiger partial charge in [0.2, 0.25) is 0 Å². The second kappa shape index (κ2) is 8.93. The molecule has 4 N–H and O–H groups in total. The predicted octanol–water partition coefficient (Wildman–Crippen LogP) is 3.18. The highest BCUT2D eigenvalue weighted by Gasteiger charge is 2.75. The Balaban J connectivity index is 1.72. The number of carboxylic acid groups (broad SMARTS) is 1. The summed E-state index contributed by atoms with van der Waals surface area (Å²) in [4.78, 5) is 52.1. The molecule has 0 amide bonds. The van der Waals surface area contributed by atoms with E-state index in [0.29, 0.717) is 19.3 Å². The molecule has 0 aromatic heterocycles. The first kappa shape index (κ1) is 29.3. The van der Waals surface area contributed by atoms with Gasteiger partial charge in [-0.1, -0.05) is 41.5 Å². The molecular formula is C30H46O8. The Morgan fingerprint density at radius 2 is 1.71 bits per heavy atom. The number of rotatable bonds is 6. The first-order valence-electron chi connectivity index (χ1n) is 14.1. The van der Waals surface area contributed by atoms with Gasteiger partial charge in [-0.05, 0) is 48.3 Å². The molecule has 0 heterocycles. The zero-order chi connectivity index (χ0) is 28.8. The van der Waals surface area contributed by atoms with Crippen LogP contribution >= 0.6 is 0 Å². The molecule has 38 heavy (non-hydrogen) atoms. The lowest BCUT2D eigenvalue weighted by molar-refractivity contribution is -0.228. The molecule has 0 saturated heterocycles. The van der Waals surface area contributed by atoms with Crippen molar-refractivity contribution in [2.24, 2.45) is 51.2 Å². The van der Waals surface area contributed by atoms with Gasteiger partial charge in [0.15, 0.2) is 0 Å². The first-order valence-corrected chi connectivity index (χ1v) is 14.1. The molecule has 4 aliphatic carbocycles. The zero-order valence-electron chi connectivity index (χ0n) is 23.9. The van der Waals surface area contributed by atoms with E-state index in [2.05, 4.69) is 6.92 Å². The summed E-state index contributed by atoms with van der Waals surface area (Å²) in [6, 6.07) is 0. The van der Waals surface area contributed by atoms with Crippen LogP contribution in [0.3, 0.4) is 0 Å². The van der Waals surface area contributed by atoms with Crippen molar-refractivity contribution in [3.8, 4) is 0 Å². The van der Waals surface area contributed by atoms with E-state index < -0.39 is 74.9 Å². The molecule has 0 spiro atoms. The van der Waals surface area contributed by atoms with Crippen LogP contribution < -0.4 is 0 Å². The summed E-state index contributed by atoms with van der Waals surface area (Å²) in [5.41, 5.74) is -4.63. The fourth-order valence-corrected chi connectivity index (χ4v) is 9.91. The zero-order valence-corrected chi connectivity index (χ0v) is 23.9. The smallest absolute Gasteiger partial charge is 0.306 e. The normalized spacial score (nSPS) is 46.4. The van der Waals surface area contributed by atoms with Gasteiger partial charge in [-0.2, -0.15) is 0 Å². The first-order chi connectivity index (χ1) is 17.2. The molecule has 0 aromatic rings. The van der Waals surface area contributed by atoms with E-state index in [1.54, 1.807) is 0 Å². The van der Waals surface area contributed by atoms with E-state index in [9.17, 15) is 39.6 Å². The fourth-order valence-electron chi connectivity index (χ4n) is 9.91. The van der Waals surface area contributed by atoms with Gasteiger partial charge in [0.05, 0.1) is 23.7 Å². The van der Waals surface area contributed by atoms with E-state index in [-0.39, 0.29) is 43.2 Å². The standard InChI is InChI=1S/C30H46O8/c1-15(25(36)37)10-16(31)13-29(6,38)20-12-22(35)30(7)24-17(32)11-19-26(2,3)21(34)8-9-27(19,4)23(24)18(33)14-28(20,30)5/h15,17,19-21,23-24,32,34,38H,8-14H2,1-7H3,(H,36,37)/t15?,17?,19-,20-,21?,23-,24+,27-,28+,29-,30-/m0/s1. The molecule has 4 saturated carbocycles. The number of hydrogen-bond acceptors (Lipinski definition) is 7. The Labute approximate surface area is 225 Å². The summed E-state index contributed by atoms with van der Waals surface area (Å²) in [5, 5.41) is 43.3. The minimum absolute atomic E-state index is 0.00463. The Hall–Kier alpha value is -1.64. The molecule has 8 nitrogen and oxygen atoms in total. The minimum Gasteiger partial charge on any atom is -0.481 e. The average molecular weight is 535 g/mol. The van der Waals surface area contributed by atoms with Gasteiger partial charge in [0.25, 0.3) is 0 Å². The van der Waals surface area contributed by atoms with Gasteiger partial charge < -0.3 is 20.4 Å². The minimum atomic E-state index is -1.62. The van der Waals surface area contributed by atoms with Gasteiger partial charge >= 0.3 is 5.97 Å². The third-order valence-corrected chi connectivity index (χ3v) is 12.2. The lowest BCUT2D eigenvalue weighted by atomic mass is 9.37. The van der Waals surface area contributed by atoms with Crippen LogP contribution in [-0.2, 0) is 19.2 Å².